The summed E-state index contributed by atoms with van der Waals surface area (Å²) in [6.07, 6.45) is 1.55. The summed E-state index contributed by atoms with van der Waals surface area (Å²) in [5.41, 5.74) is 2.69. The van der Waals surface area contributed by atoms with E-state index in [1.165, 1.54) is 26.0 Å². The third-order valence-corrected chi connectivity index (χ3v) is 8.97. The standard InChI is InChI=1S/C38H31Cl2N3O5S/c1-47-33-20-13-24(22-34(33)48-2)21-32(43-36(44)26-11-7-4-8-12-26)37(45)41-28-15-17-29(18-16-28)49-35(25-9-5-3-6-10-25)38(46)42-31-23-27(39)14-19-30(31)40/h3-23,35H,1-2H3,(H,41,45)(H,42,46)(H,43,44)/b32-21-. The Hall–Kier alpha value is -5.22. The molecule has 0 radical (unpaired) electrons. The van der Waals surface area contributed by atoms with Crippen molar-refractivity contribution < 1.29 is 23.9 Å². The van der Waals surface area contributed by atoms with Crippen LogP contribution in [0.2, 0.25) is 10.0 Å². The lowest BCUT2D eigenvalue weighted by Crippen LogP contribution is -2.30. The zero-order valence-corrected chi connectivity index (χ0v) is 28.7. The lowest BCUT2D eigenvalue weighted by atomic mass is 10.1. The van der Waals surface area contributed by atoms with Crippen molar-refractivity contribution >= 4 is 70.1 Å². The second kappa shape index (κ2) is 16.7. The van der Waals surface area contributed by atoms with E-state index < -0.39 is 17.1 Å². The molecule has 0 bridgehead atoms. The van der Waals surface area contributed by atoms with E-state index in [9.17, 15) is 14.4 Å². The summed E-state index contributed by atoms with van der Waals surface area (Å²) in [5.74, 6) is -0.274. The van der Waals surface area contributed by atoms with E-state index in [-0.39, 0.29) is 11.6 Å². The molecular weight excluding hydrogens is 681 g/mol. The van der Waals surface area contributed by atoms with Gasteiger partial charge in [-0.1, -0.05) is 77.8 Å². The van der Waals surface area contributed by atoms with Gasteiger partial charge in [0.15, 0.2) is 11.5 Å². The quantitative estimate of drug-likeness (QED) is 0.0882. The summed E-state index contributed by atoms with van der Waals surface area (Å²) in [6.45, 7) is 0. The van der Waals surface area contributed by atoms with Gasteiger partial charge in [0.25, 0.3) is 11.8 Å². The molecule has 0 aliphatic rings. The summed E-state index contributed by atoms with van der Waals surface area (Å²) in [7, 11) is 3.05. The van der Waals surface area contributed by atoms with Crippen LogP contribution in [0.3, 0.4) is 0 Å². The number of thioether (sulfide) groups is 1. The lowest BCUT2D eigenvalue weighted by molar-refractivity contribution is -0.116. The molecule has 1 unspecified atom stereocenters. The Morgan fingerprint density at radius 3 is 2.08 bits per heavy atom. The number of hydrogen-bond donors (Lipinski definition) is 3. The van der Waals surface area contributed by atoms with Crippen molar-refractivity contribution in [2.24, 2.45) is 0 Å². The summed E-state index contributed by atoms with van der Waals surface area (Å²) in [5, 5.41) is 8.68. The first-order chi connectivity index (χ1) is 23.7. The van der Waals surface area contributed by atoms with Crippen LogP contribution in [-0.2, 0) is 9.59 Å². The summed E-state index contributed by atoms with van der Waals surface area (Å²) in [6, 6.07) is 35.0. The Morgan fingerprint density at radius 1 is 0.735 bits per heavy atom. The number of hydrogen-bond acceptors (Lipinski definition) is 6. The number of nitrogens with one attached hydrogen (secondary N) is 3. The molecule has 8 nitrogen and oxygen atoms in total. The van der Waals surface area contributed by atoms with Gasteiger partial charge in [-0.25, -0.2) is 0 Å². The minimum Gasteiger partial charge on any atom is -0.493 e. The SMILES string of the molecule is COc1ccc(/C=C(\NC(=O)c2ccccc2)C(=O)Nc2ccc(SC(C(=O)Nc3cc(Cl)ccc3Cl)c3ccccc3)cc2)cc1OC. The van der Waals surface area contributed by atoms with E-state index >= 15 is 0 Å². The third kappa shape index (κ3) is 9.45. The van der Waals surface area contributed by atoms with Gasteiger partial charge in [-0.3, -0.25) is 14.4 Å². The van der Waals surface area contributed by atoms with Gasteiger partial charge < -0.3 is 25.4 Å². The molecule has 49 heavy (non-hydrogen) atoms. The molecule has 0 spiro atoms. The second-order valence-corrected chi connectivity index (χ2v) is 12.5. The molecule has 5 aromatic rings. The van der Waals surface area contributed by atoms with E-state index in [1.807, 2.05) is 30.3 Å². The van der Waals surface area contributed by atoms with Crippen molar-refractivity contribution in [2.45, 2.75) is 10.1 Å². The van der Waals surface area contributed by atoms with Gasteiger partial charge in [-0.05, 0) is 83.9 Å². The first kappa shape index (κ1) is 35.1. The number of rotatable bonds is 12. The van der Waals surface area contributed by atoms with Gasteiger partial charge in [0.1, 0.15) is 10.9 Å². The smallest absolute Gasteiger partial charge is 0.272 e. The van der Waals surface area contributed by atoms with Crippen LogP contribution < -0.4 is 25.4 Å². The highest BCUT2D eigenvalue weighted by Gasteiger charge is 2.23. The number of ether oxygens (including phenoxy) is 2. The zero-order chi connectivity index (χ0) is 34.8. The van der Waals surface area contributed by atoms with Gasteiger partial charge in [0, 0.05) is 21.2 Å². The number of methoxy groups -OCH3 is 2. The monoisotopic (exact) mass is 711 g/mol. The zero-order valence-electron chi connectivity index (χ0n) is 26.4. The maximum absolute atomic E-state index is 13.6. The van der Waals surface area contributed by atoms with Crippen LogP contribution in [0, 0.1) is 0 Å². The number of anilines is 2. The predicted octanol–water partition coefficient (Wildman–Crippen LogP) is 8.89. The molecule has 5 aromatic carbocycles. The van der Waals surface area contributed by atoms with Crippen LogP contribution in [0.4, 0.5) is 11.4 Å². The molecule has 0 aliphatic heterocycles. The third-order valence-electron chi connectivity index (χ3n) is 7.14. The average Bonchev–Trinajstić information content (AvgIpc) is 3.13. The van der Waals surface area contributed by atoms with Gasteiger partial charge >= 0.3 is 0 Å². The van der Waals surface area contributed by atoms with Gasteiger partial charge in [-0.15, -0.1) is 11.8 Å². The molecule has 5 rings (SSSR count). The number of benzene rings is 5. The lowest BCUT2D eigenvalue weighted by Gasteiger charge is -2.18. The van der Waals surface area contributed by atoms with Crippen molar-refractivity contribution in [3.63, 3.8) is 0 Å². The molecule has 0 saturated heterocycles. The highest BCUT2D eigenvalue weighted by Crippen LogP contribution is 2.38. The second-order valence-electron chi connectivity index (χ2n) is 10.5. The first-order valence-electron chi connectivity index (χ1n) is 14.9. The van der Waals surface area contributed by atoms with Gasteiger partial charge in [-0.2, -0.15) is 0 Å². The molecule has 248 valence electrons. The first-order valence-corrected chi connectivity index (χ1v) is 16.6. The molecule has 1 atom stereocenters. The number of amides is 3. The number of carbonyl (C=O) groups excluding carboxylic acids is 3. The molecule has 11 heteroatoms. The fourth-order valence-electron chi connectivity index (χ4n) is 4.70. The van der Waals surface area contributed by atoms with Crippen LogP contribution in [-0.4, -0.2) is 31.9 Å². The van der Waals surface area contributed by atoms with Crippen LogP contribution in [0.5, 0.6) is 11.5 Å². The molecule has 0 fully saturated rings. The van der Waals surface area contributed by atoms with Gasteiger partial charge in [0.05, 0.1) is 24.9 Å². The van der Waals surface area contributed by atoms with E-state index in [0.29, 0.717) is 44.0 Å². The Balaban J connectivity index is 1.36. The van der Waals surface area contributed by atoms with Crippen LogP contribution in [0.15, 0.2) is 132 Å². The van der Waals surface area contributed by atoms with Crippen molar-refractivity contribution in [3.05, 3.63) is 154 Å². The topological polar surface area (TPSA) is 106 Å². The normalized spacial score (nSPS) is 11.6. The highest BCUT2D eigenvalue weighted by atomic mass is 35.5. The Labute approximate surface area is 298 Å². The fourth-order valence-corrected chi connectivity index (χ4v) is 6.06. The van der Waals surface area contributed by atoms with Crippen molar-refractivity contribution in [1.29, 1.82) is 0 Å². The van der Waals surface area contributed by atoms with E-state index in [1.54, 1.807) is 97.1 Å². The Morgan fingerprint density at radius 2 is 1.41 bits per heavy atom. The molecule has 0 saturated carbocycles. The minimum atomic E-state index is -0.624. The summed E-state index contributed by atoms with van der Waals surface area (Å²) < 4.78 is 10.7. The number of carbonyl (C=O) groups is 3. The summed E-state index contributed by atoms with van der Waals surface area (Å²) >= 11 is 13.8. The maximum Gasteiger partial charge on any atom is 0.272 e. The fraction of sp³-hybridized carbons (Fsp3) is 0.0789. The van der Waals surface area contributed by atoms with Crippen LogP contribution in [0.1, 0.15) is 26.7 Å². The Kier molecular flexibility index (Phi) is 12.0. The molecule has 3 N–H and O–H groups in total. The van der Waals surface area contributed by atoms with E-state index in [4.69, 9.17) is 32.7 Å². The van der Waals surface area contributed by atoms with Crippen molar-refractivity contribution in [2.75, 3.05) is 24.9 Å². The maximum atomic E-state index is 13.6. The van der Waals surface area contributed by atoms with Crippen molar-refractivity contribution in [3.8, 4) is 11.5 Å². The Bertz CT molecular complexity index is 1970. The van der Waals surface area contributed by atoms with Gasteiger partial charge in [0.2, 0.25) is 5.91 Å². The van der Waals surface area contributed by atoms with Crippen LogP contribution >= 0.6 is 35.0 Å². The molecule has 0 aromatic heterocycles. The highest BCUT2D eigenvalue weighted by molar-refractivity contribution is 8.00. The molecule has 3 amide bonds. The predicted molar refractivity (Wildman–Crippen MR) is 197 cm³/mol. The van der Waals surface area contributed by atoms with E-state index in [0.717, 1.165) is 10.5 Å². The molecule has 0 aliphatic carbocycles. The number of halogens is 2. The molecule has 0 heterocycles. The minimum absolute atomic E-state index is 0.0139. The van der Waals surface area contributed by atoms with Crippen molar-refractivity contribution in [1.82, 2.24) is 5.32 Å². The van der Waals surface area contributed by atoms with E-state index in [2.05, 4.69) is 16.0 Å². The summed E-state index contributed by atoms with van der Waals surface area (Å²) in [4.78, 5) is 41.0. The van der Waals surface area contributed by atoms with Crippen LogP contribution in [0.25, 0.3) is 6.08 Å². The molecular formula is C38H31Cl2N3O5S. The largest absolute Gasteiger partial charge is 0.493 e. The average molecular weight is 713 g/mol.